The summed E-state index contributed by atoms with van der Waals surface area (Å²) in [6.45, 7) is 8.45. The number of nitrogens with one attached hydrogen (secondary N) is 1. The van der Waals surface area contributed by atoms with Gasteiger partial charge in [0.2, 0.25) is 0 Å². The minimum atomic E-state index is -0.146. The zero-order valence-corrected chi connectivity index (χ0v) is 11.2. The molecule has 3 heteroatoms. The van der Waals surface area contributed by atoms with Crippen LogP contribution in [0.2, 0.25) is 0 Å². The zero-order chi connectivity index (χ0) is 12.4. The van der Waals surface area contributed by atoms with Crippen LogP contribution in [0.1, 0.15) is 59.8 Å². The van der Waals surface area contributed by atoms with E-state index in [4.69, 9.17) is 4.74 Å². The van der Waals surface area contributed by atoms with Gasteiger partial charge in [0, 0.05) is 6.04 Å². The van der Waals surface area contributed by atoms with E-state index >= 15 is 0 Å². The van der Waals surface area contributed by atoms with E-state index in [2.05, 4.69) is 19.2 Å². The fourth-order valence-corrected chi connectivity index (χ4v) is 1.68. The van der Waals surface area contributed by atoms with Crippen LogP contribution in [0.3, 0.4) is 0 Å². The normalized spacial score (nSPS) is 12.8. The maximum Gasteiger partial charge on any atom is 0.320 e. The van der Waals surface area contributed by atoms with Gasteiger partial charge in [-0.05, 0) is 26.7 Å². The van der Waals surface area contributed by atoms with Gasteiger partial charge in [-0.15, -0.1) is 0 Å². The van der Waals surface area contributed by atoms with Crippen LogP contribution in [0.5, 0.6) is 0 Å². The van der Waals surface area contributed by atoms with E-state index in [0.29, 0.717) is 12.6 Å². The average molecular weight is 229 g/mol. The van der Waals surface area contributed by atoms with E-state index in [1.54, 1.807) is 0 Å². The fraction of sp³-hybridized carbons (Fsp3) is 0.923. The van der Waals surface area contributed by atoms with Crippen molar-refractivity contribution in [2.75, 3.05) is 6.54 Å². The molecule has 0 aliphatic rings. The van der Waals surface area contributed by atoms with E-state index in [9.17, 15) is 4.79 Å². The Bertz CT molecular complexity index is 181. The second-order valence-electron chi connectivity index (χ2n) is 4.55. The maximum absolute atomic E-state index is 11.4. The van der Waals surface area contributed by atoms with E-state index in [-0.39, 0.29) is 12.1 Å². The van der Waals surface area contributed by atoms with Crippen LogP contribution in [0.15, 0.2) is 0 Å². The van der Waals surface area contributed by atoms with Crippen LogP contribution in [0.25, 0.3) is 0 Å². The van der Waals surface area contributed by atoms with Gasteiger partial charge in [0.25, 0.3) is 0 Å². The number of hydrogen-bond donors (Lipinski definition) is 1. The molecule has 0 aromatic heterocycles. The summed E-state index contributed by atoms with van der Waals surface area (Å²) in [5.74, 6) is -0.146. The van der Waals surface area contributed by atoms with Crippen molar-refractivity contribution in [1.82, 2.24) is 5.32 Å². The van der Waals surface area contributed by atoms with Gasteiger partial charge in [0.1, 0.15) is 0 Å². The Morgan fingerprint density at radius 1 is 1.19 bits per heavy atom. The van der Waals surface area contributed by atoms with Crippen LogP contribution >= 0.6 is 0 Å². The molecule has 0 saturated heterocycles. The summed E-state index contributed by atoms with van der Waals surface area (Å²) in [5.41, 5.74) is 0. The highest BCUT2D eigenvalue weighted by Gasteiger charge is 2.10. The van der Waals surface area contributed by atoms with Crippen LogP contribution in [-0.2, 0) is 9.53 Å². The van der Waals surface area contributed by atoms with Crippen LogP contribution < -0.4 is 5.32 Å². The lowest BCUT2D eigenvalue weighted by Gasteiger charge is -2.17. The Balaban J connectivity index is 3.77. The van der Waals surface area contributed by atoms with E-state index in [1.807, 2.05) is 13.8 Å². The molecule has 0 aliphatic carbocycles. The summed E-state index contributed by atoms with van der Waals surface area (Å²) < 4.78 is 5.08. The summed E-state index contributed by atoms with van der Waals surface area (Å²) in [7, 11) is 0. The van der Waals surface area contributed by atoms with Crippen molar-refractivity contribution in [3.05, 3.63) is 0 Å². The van der Waals surface area contributed by atoms with Gasteiger partial charge in [0.05, 0.1) is 12.6 Å². The summed E-state index contributed by atoms with van der Waals surface area (Å²) >= 11 is 0. The molecule has 3 nitrogen and oxygen atoms in total. The molecule has 0 bridgehead atoms. The van der Waals surface area contributed by atoms with Crippen molar-refractivity contribution in [2.45, 2.75) is 71.9 Å². The quantitative estimate of drug-likeness (QED) is 0.618. The molecule has 0 heterocycles. The predicted octanol–water partition coefficient (Wildman–Crippen LogP) is 2.89. The monoisotopic (exact) mass is 229 g/mol. The highest BCUT2D eigenvalue weighted by molar-refractivity contribution is 5.71. The summed E-state index contributed by atoms with van der Waals surface area (Å²) in [6.07, 6.45) is 5.85. The Morgan fingerprint density at radius 2 is 1.88 bits per heavy atom. The Morgan fingerprint density at radius 3 is 2.38 bits per heavy atom. The molecule has 0 aromatic rings. The molecule has 0 amide bonds. The molecule has 0 aliphatic heterocycles. The minimum absolute atomic E-state index is 0.0189. The molecule has 0 radical (unpaired) electrons. The second kappa shape index (κ2) is 9.64. The van der Waals surface area contributed by atoms with Gasteiger partial charge in [0.15, 0.2) is 0 Å². The molecule has 0 spiro atoms. The lowest BCUT2D eigenvalue weighted by atomic mass is 10.1. The van der Waals surface area contributed by atoms with Crippen molar-refractivity contribution in [2.24, 2.45) is 0 Å². The lowest BCUT2D eigenvalue weighted by molar-refractivity contribution is -0.146. The molecule has 0 fully saturated rings. The number of carbonyl (C=O) groups excluding carboxylic acids is 1. The van der Waals surface area contributed by atoms with Gasteiger partial charge < -0.3 is 10.1 Å². The molecular weight excluding hydrogens is 202 g/mol. The number of unbranched alkanes of at least 4 members (excludes halogenated alkanes) is 1. The Hall–Kier alpha value is -0.570. The first kappa shape index (κ1) is 15.4. The number of hydrogen-bond acceptors (Lipinski definition) is 3. The third kappa shape index (κ3) is 8.72. The van der Waals surface area contributed by atoms with Gasteiger partial charge >= 0.3 is 5.97 Å². The largest absolute Gasteiger partial charge is 0.462 e. The van der Waals surface area contributed by atoms with Crippen molar-refractivity contribution in [1.29, 1.82) is 0 Å². The van der Waals surface area contributed by atoms with Gasteiger partial charge in [-0.25, -0.2) is 0 Å². The Kier molecular flexibility index (Phi) is 9.30. The molecule has 1 unspecified atom stereocenters. The molecule has 1 N–H and O–H groups in total. The molecule has 0 saturated carbocycles. The highest BCUT2D eigenvalue weighted by atomic mass is 16.5. The van der Waals surface area contributed by atoms with Gasteiger partial charge in [-0.3, -0.25) is 4.79 Å². The highest BCUT2D eigenvalue weighted by Crippen LogP contribution is 2.06. The topological polar surface area (TPSA) is 38.3 Å². The second-order valence-corrected chi connectivity index (χ2v) is 4.55. The first-order valence-corrected chi connectivity index (χ1v) is 6.53. The standard InChI is InChI=1S/C13H27NO2/c1-5-7-9-12(8-6-2)14-10-13(15)16-11(3)4/h11-12,14H,5-10H2,1-4H3. The van der Waals surface area contributed by atoms with Crippen LogP contribution in [-0.4, -0.2) is 24.7 Å². The smallest absolute Gasteiger partial charge is 0.320 e. The summed E-state index contributed by atoms with van der Waals surface area (Å²) in [5, 5.41) is 3.29. The third-order valence-corrected chi connectivity index (χ3v) is 2.45. The zero-order valence-electron chi connectivity index (χ0n) is 11.2. The summed E-state index contributed by atoms with van der Waals surface area (Å²) in [4.78, 5) is 11.4. The molecule has 96 valence electrons. The maximum atomic E-state index is 11.4. The first-order valence-electron chi connectivity index (χ1n) is 6.53. The van der Waals surface area contributed by atoms with Crippen molar-refractivity contribution >= 4 is 5.97 Å². The van der Waals surface area contributed by atoms with Gasteiger partial charge in [-0.2, -0.15) is 0 Å². The number of ether oxygens (including phenoxy) is 1. The summed E-state index contributed by atoms with van der Waals surface area (Å²) in [6, 6.07) is 0.463. The van der Waals surface area contributed by atoms with Crippen LogP contribution in [0, 0.1) is 0 Å². The SMILES string of the molecule is CCCCC(CCC)NCC(=O)OC(C)C. The fourth-order valence-electron chi connectivity index (χ4n) is 1.68. The van der Waals surface area contributed by atoms with E-state index < -0.39 is 0 Å². The van der Waals surface area contributed by atoms with E-state index in [0.717, 1.165) is 19.3 Å². The number of rotatable bonds is 9. The average Bonchev–Trinajstić information content (AvgIpc) is 2.21. The minimum Gasteiger partial charge on any atom is -0.462 e. The predicted molar refractivity (Wildman–Crippen MR) is 67.5 cm³/mol. The number of carbonyl (C=O) groups is 1. The van der Waals surface area contributed by atoms with Crippen molar-refractivity contribution < 1.29 is 9.53 Å². The molecule has 0 rings (SSSR count). The number of esters is 1. The molecular formula is C13H27NO2. The van der Waals surface area contributed by atoms with Gasteiger partial charge in [-0.1, -0.05) is 33.1 Å². The van der Waals surface area contributed by atoms with Crippen molar-refractivity contribution in [3.8, 4) is 0 Å². The van der Waals surface area contributed by atoms with E-state index in [1.165, 1.54) is 12.8 Å². The lowest BCUT2D eigenvalue weighted by Crippen LogP contribution is -2.35. The molecule has 1 atom stereocenters. The van der Waals surface area contributed by atoms with Crippen LogP contribution in [0.4, 0.5) is 0 Å². The van der Waals surface area contributed by atoms with Crippen molar-refractivity contribution in [3.63, 3.8) is 0 Å². The molecule has 16 heavy (non-hydrogen) atoms. The molecule has 0 aromatic carbocycles. The Labute approximate surface area is 99.9 Å². The first-order chi connectivity index (χ1) is 7.60. The third-order valence-electron chi connectivity index (χ3n) is 2.45.